The molecule has 2 fully saturated rings. The van der Waals surface area contributed by atoms with Crippen LogP contribution in [0.25, 0.3) is 0 Å². The number of nitrogens with one attached hydrogen (secondary N) is 1. The van der Waals surface area contributed by atoms with Crippen LogP contribution in [-0.4, -0.2) is 13.1 Å². The van der Waals surface area contributed by atoms with Crippen LogP contribution in [0.5, 0.6) is 0 Å². The van der Waals surface area contributed by atoms with E-state index < -0.39 is 0 Å². The number of hydrogen-bond donors (Lipinski definition) is 1. The van der Waals surface area contributed by atoms with Crippen molar-refractivity contribution < 1.29 is 4.39 Å². The van der Waals surface area contributed by atoms with Gasteiger partial charge in [0.05, 0.1) is 5.02 Å². The Labute approximate surface area is 119 Å². The van der Waals surface area contributed by atoms with E-state index in [1.54, 1.807) is 6.07 Å². The molecule has 0 heterocycles. The van der Waals surface area contributed by atoms with Crippen LogP contribution < -0.4 is 5.32 Å². The van der Waals surface area contributed by atoms with Crippen molar-refractivity contribution in [2.45, 2.75) is 38.1 Å². The lowest BCUT2D eigenvalue weighted by atomic mass is 9.99. The van der Waals surface area contributed by atoms with Gasteiger partial charge in [0.1, 0.15) is 5.82 Å². The van der Waals surface area contributed by atoms with E-state index in [1.807, 2.05) is 19.2 Å². The lowest BCUT2D eigenvalue weighted by molar-refractivity contribution is 0.451. The second-order valence-electron chi connectivity index (χ2n) is 6.00. The molecule has 1 aromatic rings. The molecule has 0 bridgehead atoms. The highest BCUT2D eigenvalue weighted by molar-refractivity contribution is 6.30. The summed E-state index contributed by atoms with van der Waals surface area (Å²) < 4.78 is 14.0. The van der Waals surface area contributed by atoms with E-state index in [2.05, 4.69) is 5.32 Å². The Kier molecular flexibility index (Phi) is 3.81. The van der Waals surface area contributed by atoms with Crippen molar-refractivity contribution in [1.82, 2.24) is 5.32 Å². The average Bonchev–Trinajstić information content (AvgIpc) is 3.15. The lowest BCUT2D eigenvalue weighted by Gasteiger charge is -2.17. The fourth-order valence-electron chi connectivity index (χ4n) is 4.02. The summed E-state index contributed by atoms with van der Waals surface area (Å²) >= 11 is 5.86. The van der Waals surface area contributed by atoms with Crippen molar-refractivity contribution >= 4 is 11.6 Å². The quantitative estimate of drug-likeness (QED) is 0.878. The predicted octanol–water partition coefficient (Wildman–Crippen LogP) is 4.05. The van der Waals surface area contributed by atoms with Crippen LogP contribution in [0.3, 0.4) is 0 Å². The zero-order valence-corrected chi connectivity index (χ0v) is 12.1. The average molecular weight is 282 g/mol. The summed E-state index contributed by atoms with van der Waals surface area (Å²) in [5, 5.41) is 3.64. The third-order valence-corrected chi connectivity index (χ3v) is 5.32. The summed E-state index contributed by atoms with van der Waals surface area (Å²) in [6.07, 6.45) is 6.23. The second kappa shape index (κ2) is 5.41. The molecular weight excluding hydrogens is 261 g/mol. The van der Waals surface area contributed by atoms with Crippen molar-refractivity contribution in [1.29, 1.82) is 0 Å². The molecule has 104 valence electrons. The maximum Gasteiger partial charge on any atom is 0.145 e. The highest BCUT2D eigenvalue weighted by Crippen LogP contribution is 2.57. The van der Waals surface area contributed by atoms with Gasteiger partial charge in [-0.15, -0.1) is 0 Å². The second-order valence-corrected chi connectivity index (χ2v) is 6.41. The molecule has 0 aliphatic heterocycles. The Morgan fingerprint density at radius 3 is 2.63 bits per heavy atom. The van der Waals surface area contributed by atoms with Gasteiger partial charge in [0.15, 0.2) is 0 Å². The molecular formula is C16H21ClFN. The first-order valence-corrected chi connectivity index (χ1v) is 7.70. The van der Waals surface area contributed by atoms with Crippen LogP contribution in [0.1, 0.15) is 31.2 Å². The van der Waals surface area contributed by atoms with Gasteiger partial charge in [0.2, 0.25) is 0 Å². The van der Waals surface area contributed by atoms with Gasteiger partial charge in [0.25, 0.3) is 0 Å². The smallest absolute Gasteiger partial charge is 0.145 e. The Hall–Kier alpha value is -0.600. The third-order valence-electron chi connectivity index (χ3n) is 5.03. The topological polar surface area (TPSA) is 12.0 Å². The molecule has 0 radical (unpaired) electrons. The van der Waals surface area contributed by atoms with Crippen molar-refractivity contribution in [3.63, 3.8) is 0 Å². The minimum atomic E-state index is -0.243. The molecule has 1 aromatic carbocycles. The minimum Gasteiger partial charge on any atom is -0.316 e. The number of hydrogen-bond acceptors (Lipinski definition) is 1. The van der Waals surface area contributed by atoms with E-state index >= 15 is 0 Å². The molecule has 2 aliphatic carbocycles. The van der Waals surface area contributed by atoms with Crippen LogP contribution in [0.4, 0.5) is 4.39 Å². The standard InChI is InChI=1S/C16H21ClFN/c1-19-14(15-11-6-2-3-7-12(11)15)9-10-5-4-8-13(17)16(10)18/h4-5,8,11-12,14-15,19H,2-3,6-7,9H2,1H3. The number of likely N-dealkylation sites (N-methyl/N-ethyl adjacent to an activating group) is 1. The van der Waals surface area contributed by atoms with Gasteiger partial charge in [-0.2, -0.15) is 0 Å². The number of rotatable bonds is 4. The van der Waals surface area contributed by atoms with Crippen LogP contribution in [0, 0.1) is 23.6 Å². The molecule has 2 aliphatic rings. The van der Waals surface area contributed by atoms with Gasteiger partial charge in [-0.25, -0.2) is 4.39 Å². The molecule has 3 atom stereocenters. The Bertz CT molecular complexity index is 450. The van der Waals surface area contributed by atoms with Gasteiger partial charge in [-0.05, 0) is 55.7 Å². The van der Waals surface area contributed by atoms with Crippen LogP contribution in [0.2, 0.25) is 5.02 Å². The van der Waals surface area contributed by atoms with Gasteiger partial charge in [0, 0.05) is 6.04 Å². The van der Waals surface area contributed by atoms with Gasteiger partial charge >= 0.3 is 0 Å². The first-order chi connectivity index (χ1) is 9.22. The maximum atomic E-state index is 14.0. The van der Waals surface area contributed by atoms with E-state index in [9.17, 15) is 4.39 Å². The fourth-order valence-corrected chi connectivity index (χ4v) is 4.21. The normalized spacial score (nSPS) is 30.8. The summed E-state index contributed by atoms with van der Waals surface area (Å²) in [7, 11) is 2.00. The Morgan fingerprint density at radius 1 is 1.32 bits per heavy atom. The molecule has 0 saturated heterocycles. The van der Waals surface area contributed by atoms with E-state index in [-0.39, 0.29) is 10.8 Å². The van der Waals surface area contributed by atoms with Crippen LogP contribution in [-0.2, 0) is 6.42 Å². The summed E-state index contributed by atoms with van der Waals surface area (Å²) in [5.74, 6) is 2.26. The minimum absolute atomic E-state index is 0.237. The Morgan fingerprint density at radius 2 is 2.00 bits per heavy atom. The van der Waals surface area contributed by atoms with Gasteiger partial charge in [-0.1, -0.05) is 36.6 Å². The maximum absolute atomic E-state index is 14.0. The molecule has 3 rings (SSSR count). The van der Waals surface area contributed by atoms with Crippen molar-refractivity contribution in [3.8, 4) is 0 Å². The van der Waals surface area contributed by atoms with E-state index in [4.69, 9.17) is 11.6 Å². The first-order valence-electron chi connectivity index (χ1n) is 7.32. The van der Waals surface area contributed by atoms with Gasteiger partial charge < -0.3 is 5.32 Å². The highest BCUT2D eigenvalue weighted by Gasteiger charge is 2.53. The van der Waals surface area contributed by atoms with Crippen LogP contribution >= 0.6 is 11.6 Å². The Balaban J connectivity index is 1.72. The molecule has 3 heteroatoms. The predicted molar refractivity (Wildman–Crippen MR) is 76.9 cm³/mol. The monoisotopic (exact) mass is 281 g/mol. The SMILES string of the molecule is CNC(Cc1cccc(Cl)c1F)C1C2CCCCC21. The van der Waals surface area contributed by atoms with E-state index in [0.717, 1.165) is 29.7 Å². The summed E-state index contributed by atoms with van der Waals surface area (Å²) in [6, 6.07) is 5.71. The molecule has 19 heavy (non-hydrogen) atoms. The van der Waals surface area contributed by atoms with E-state index in [0.29, 0.717) is 6.04 Å². The number of benzene rings is 1. The number of halogens is 2. The molecule has 0 spiro atoms. The zero-order valence-electron chi connectivity index (χ0n) is 11.3. The van der Waals surface area contributed by atoms with Crippen LogP contribution in [0.15, 0.2) is 18.2 Å². The molecule has 1 nitrogen and oxygen atoms in total. The molecule has 2 saturated carbocycles. The van der Waals surface area contributed by atoms with Gasteiger partial charge in [-0.3, -0.25) is 0 Å². The third kappa shape index (κ3) is 2.53. The summed E-state index contributed by atoms with van der Waals surface area (Å²) in [6.45, 7) is 0. The molecule has 1 N–H and O–H groups in total. The summed E-state index contributed by atoms with van der Waals surface area (Å²) in [5.41, 5.74) is 0.746. The zero-order chi connectivity index (χ0) is 13.4. The van der Waals surface area contributed by atoms with Crippen molar-refractivity contribution in [2.24, 2.45) is 17.8 Å². The summed E-state index contributed by atoms with van der Waals surface area (Å²) in [4.78, 5) is 0. The molecule has 0 aromatic heterocycles. The molecule has 0 amide bonds. The fraction of sp³-hybridized carbons (Fsp3) is 0.625. The highest BCUT2D eigenvalue weighted by atomic mass is 35.5. The van der Waals surface area contributed by atoms with Crippen molar-refractivity contribution in [2.75, 3.05) is 7.05 Å². The largest absolute Gasteiger partial charge is 0.316 e. The molecule has 3 unspecified atom stereocenters. The lowest BCUT2D eigenvalue weighted by Crippen LogP contribution is -2.31. The van der Waals surface area contributed by atoms with Crippen molar-refractivity contribution in [3.05, 3.63) is 34.6 Å². The number of fused-ring (bicyclic) bond motifs is 1. The first kappa shape index (κ1) is 13.4. The van der Waals surface area contributed by atoms with E-state index in [1.165, 1.54) is 25.7 Å².